The zero-order valence-electron chi connectivity index (χ0n) is 19.3. The molecule has 0 aliphatic carbocycles. The van der Waals surface area contributed by atoms with Crippen LogP contribution in [0.3, 0.4) is 0 Å². The van der Waals surface area contributed by atoms with Crippen LogP contribution in [0, 0.1) is 5.92 Å². The van der Waals surface area contributed by atoms with Gasteiger partial charge in [-0.15, -0.1) is 0 Å². The van der Waals surface area contributed by atoms with Gasteiger partial charge < -0.3 is 10.6 Å². The van der Waals surface area contributed by atoms with Crippen molar-refractivity contribution in [1.82, 2.24) is 14.9 Å². The first-order valence-corrected chi connectivity index (χ1v) is 12.9. The minimum absolute atomic E-state index is 0.121. The summed E-state index contributed by atoms with van der Waals surface area (Å²) >= 11 is 0. The zero-order chi connectivity index (χ0) is 23.8. The molecule has 2 aromatic rings. The fraction of sp³-hybridized carbons (Fsp3) is 0.440. The highest BCUT2D eigenvalue weighted by atomic mass is 32.2. The summed E-state index contributed by atoms with van der Waals surface area (Å²) in [5.74, 6) is -0.147. The number of amides is 2. The van der Waals surface area contributed by atoms with Crippen LogP contribution in [0.15, 0.2) is 59.5 Å². The largest absolute Gasteiger partial charge is 0.355 e. The van der Waals surface area contributed by atoms with Gasteiger partial charge in [-0.1, -0.05) is 56.3 Å². The first-order valence-electron chi connectivity index (χ1n) is 11.5. The molecule has 178 valence electrons. The molecular weight excluding hydrogens is 438 g/mol. The lowest BCUT2D eigenvalue weighted by Crippen LogP contribution is -2.43. The van der Waals surface area contributed by atoms with E-state index in [0.29, 0.717) is 38.4 Å². The third-order valence-corrected chi connectivity index (χ3v) is 7.91. The van der Waals surface area contributed by atoms with Crippen LogP contribution >= 0.6 is 0 Å². The van der Waals surface area contributed by atoms with Crippen molar-refractivity contribution in [1.29, 1.82) is 0 Å². The van der Waals surface area contributed by atoms with E-state index in [1.54, 1.807) is 12.1 Å². The van der Waals surface area contributed by atoms with Gasteiger partial charge in [0.15, 0.2) is 0 Å². The smallest absolute Gasteiger partial charge is 0.243 e. The van der Waals surface area contributed by atoms with Gasteiger partial charge in [0.05, 0.1) is 4.90 Å². The van der Waals surface area contributed by atoms with Crippen molar-refractivity contribution in [3.8, 4) is 0 Å². The molecule has 1 fully saturated rings. The van der Waals surface area contributed by atoms with Crippen molar-refractivity contribution >= 4 is 21.8 Å². The minimum atomic E-state index is -3.56. The molecule has 0 aromatic heterocycles. The normalized spacial score (nSPS) is 15.4. The van der Waals surface area contributed by atoms with Gasteiger partial charge in [0, 0.05) is 38.5 Å². The molecule has 0 radical (unpaired) electrons. The number of piperidine rings is 1. The molecule has 2 N–H and O–H groups in total. The molecule has 1 aliphatic heterocycles. The van der Waals surface area contributed by atoms with Crippen LogP contribution in [-0.4, -0.2) is 44.2 Å². The van der Waals surface area contributed by atoms with Crippen molar-refractivity contribution in [2.24, 2.45) is 5.92 Å². The Morgan fingerprint density at radius 3 is 2.21 bits per heavy atom. The second-order valence-electron chi connectivity index (χ2n) is 8.71. The number of rotatable bonds is 9. The molecule has 2 amide bonds. The zero-order valence-corrected chi connectivity index (χ0v) is 20.1. The summed E-state index contributed by atoms with van der Waals surface area (Å²) in [7, 11) is -3.56. The highest BCUT2D eigenvalue weighted by Gasteiger charge is 2.32. The average molecular weight is 472 g/mol. The molecular formula is C25H33N3O4S. The summed E-state index contributed by atoms with van der Waals surface area (Å²) in [6.45, 7) is 5.47. The predicted octanol–water partition coefficient (Wildman–Crippen LogP) is 3.03. The second kappa shape index (κ2) is 11.4. The van der Waals surface area contributed by atoms with E-state index < -0.39 is 10.0 Å². The summed E-state index contributed by atoms with van der Waals surface area (Å²) in [6.07, 6.45) is 1.14. The molecule has 1 saturated heterocycles. The SMILES string of the molecule is CC(C)c1ccc(S(=O)(=O)N2CCC(C(=O)NCCC(=O)NCc3ccccc3)CC2)cc1. The van der Waals surface area contributed by atoms with Gasteiger partial charge >= 0.3 is 0 Å². The van der Waals surface area contributed by atoms with Crippen molar-refractivity contribution in [3.63, 3.8) is 0 Å². The maximum Gasteiger partial charge on any atom is 0.243 e. The second-order valence-corrected chi connectivity index (χ2v) is 10.6. The average Bonchev–Trinajstić information content (AvgIpc) is 2.83. The van der Waals surface area contributed by atoms with Gasteiger partial charge in [0.1, 0.15) is 0 Å². The quantitative estimate of drug-likeness (QED) is 0.588. The molecule has 0 saturated carbocycles. The molecule has 3 rings (SSSR count). The van der Waals surface area contributed by atoms with Crippen molar-refractivity contribution in [3.05, 3.63) is 65.7 Å². The number of benzene rings is 2. The van der Waals surface area contributed by atoms with E-state index in [9.17, 15) is 18.0 Å². The van der Waals surface area contributed by atoms with Gasteiger partial charge in [-0.2, -0.15) is 4.31 Å². The molecule has 8 heteroatoms. The molecule has 0 bridgehead atoms. The predicted molar refractivity (Wildman–Crippen MR) is 128 cm³/mol. The van der Waals surface area contributed by atoms with Gasteiger partial charge in [-0.25, -0.2) is 8.42 Å². The number of sulfonamides is 1. The number of nitrogens with one attached hydrogen (secondary N) is 2. The first-order chi connectivity index (χ1) is 15.8. The van der Waals surface area contributed by atoms with Gasteiger partial charge in [-0.3, -0.25) is 9.59 Å². The van der Waals surface area contributed by atoms with Crippen LogP contribution in [0.1, 0.15) is 50.2 Å². The Kier molecular flexibility index (Phi) is 8.63. The van der Waals surface area contributed by atoms with E-state index >= 15 is 0 Å². The number of nitrogens with zero attached hydrogens (tertiary/aromatic N) is 1. The third kappa shape index (κ3) is 6.88. The Balaban J connectivity index is 1.40. The summed E-state index contributed by atoms with van der Waals surface area (Å²) < 4.78 is 27.3. The lowest BCUT2D eigenvalue weighted by molar-refractivity contribution is -0.126. The Morgan fingerprint density at radius 2 is 1.61 bits per heavy atom. The number of hydrogen-bond donors (Lipinski definition) is 2. The molecule has 0 atom stereocenters. The first kappa shape index (κ1) is 24.9. The van der Waals surface area contributed by atoms with E-state index in [4.69, 9.17) is 0 Å². The summed E-state index contributed by atoms with van der Waals surface area (Å²) in [6, 6.07) is 16.7. The summed E-state index contributed by atoms with van der Waals surface area (Å²) in [5, 5.41) is 5.65. The lowest BCUT2D eigenvalue weighted by atomic mass is 9.97. The highest BCUT2D eigenvalue weighted by Crippen LogP contribution is 2.25. The van der Waals surface area contributed by atoms with Crippen molar-refractivity contribution in [2.75, 3.05) is 19.6 Å². The Labute approximate surface area is 196 Å². The lowest BCUT2D eigenvalue weighted by Gasteiger charge is -2.30. The molecule has 7 nitrogen and oxygen atoms in total. The molecule has 1 heterocycles. The van der Waals surface area contributed by atoms with Crippen LogP contribution in [0.4, 0.5) is 0 Å². The monoisotopic (exact) mass is 471 g/mol. The summed E-state index contributed by atoms with van der Waals surface area (Å²) in [4.78, 5) is 24.7. The Morgan fingerprint density at radius 1 is 0.970 bits per heavy atom. The van der Waals surface area contributed by atoms with Crippen LogP contribution in [0.2, 0.25) is 0 Å². The van der Waals surface area contributed by atoms with E-state index in [1.165, 1.54) is 4.31 Å². The maximum absolute atomic E-state index is 12.9. The van der Waals surface area contributed by atoms with Gasteiger partial charge in [0.25, 0.3) is 0 Å². The fourth-order valence-corrected chi connectivity index (χ4v) is 5.33. The van der Waals surface area contributed by atoms with Crippen LogP contribution in [0.25, 0.3) is 0 Å². The van der Waals surface area contributed by atoms with E-state index in [2.05, 4.69) is 24.5 Å². The highest BCUT2D eigenvalue weighted by molar-refractivity contribution is 7.89. The third-order valence-electron chi connectivity index (χ3n) is 5.99. The van der Waals surface area contributed by atoms with Crippen molar-refractivity contribution in [2.45, 2.75) is 50.5 Å². The number of hydrogen-bond acceptors (Lipinski definition) is 4. The number of carbonyl (C=O) groups is 2. The maximum atomic E-state index is 12.9. The molecule has 0 spiro atoms. The number of carbonyl (C=O) groups excluding carboxylic acids is 2. The molecule has 2 aromatic carbocycles. The van der Waals surface area contributed by atoms with Gasteiger partial charge in [0.2, 0.25) is 21.8 Å². The van der Waals surface area contributed by atoms with Crippen LogP contribution < -0.4 is 10.6 Å². The fourth-order valence-electron chi connectivity index (χ4n) is 3.86. The standard InChI is InChI=1S/C25H33N3O4S/c1-19(2)21-8-10-23(11-9-21)33(31,32)28-16-13-22(14-17-28)25(30)26-15-12-24(29)27-18-20-6-4-3-5-7-20/h3-11,19,22H,12-18H2,1-2H3,(H,26,30)(H,27,29). The van der Waals surface area contributed by atoms with Crippen molar-refractivity contribution < 1.29 is 18.0 Å². The van der Waals surface area contributed by atoms with E-state index in [1.807, 2.05) is 42.5 Å². The Bertz CT molecular complexity index is 1030. The van der Waals surface area contributed by atoms with E-state index in [-0.39, 0.29) is 35.6 Å². The molecule has 1 aliphatic rings. The molecule has 33 heavy (non-hydrogen) atoms. The van der Waals surface area contributed by atoms with Crippen LogP contribution in [-0.2, 0) is 26.2 Å². The van der Waals surface area contributed by atoms with Crippen LogP contribution in [0.5, 0.6) is 0 Å². The van der Waals surface area contributed by atoms with E-state index in [0.717, 1.165) is 11.1 Å². The Hall–Kier alpha value is -2.71. The molecule has 0 unspecified atom stereocenters. The minimum Gasteiger partial charge on any atom is -0.355 e. The van der Waals surface area contributed by atoms with Gasteiger partial charge in [-0.05, 0) is 42.0 Å². The summed E-state index contributed by atoms with van der Waals surface area (Å²) in [5.41, 5.74) is 2.12. The topological polar surface area (TPSA) is 95.6 Å².